The van der Waals surface area contributed by atoms with Gasteiger partial charge in [0.1, 0.15) is 0 Å². The minimum absolute atomic E-state index is 0.0235. The average molecular weight is 223 g/mol. The lowest BCUT2D eigenvalue weighted by Gasteiger charge is -2.33. The molecule has 0 saturated carbocycles. The van der Waals surface area contributed by atoms with E-state index >= 15 is 0 Å². The monoisotopic (exact) mass is 223 g/mol. The summed E-state index contributed by atoms with van der Waals surface area (Å²) < 4.78 is 22.5. The molecule has 0 unspecified atom stereocenters. The molecule has 0 heterocycles. The predicted molar refractivity (Wildman–Crippen MR) is 58.1 cm³/mol. The number of aliphatic hydroxyl groups is 1. The highest BCUT2D eigenvalue weighted by Crippen LogP contribution is 2.10. The van der Waals surface area contributed by atoms with E-state index in [0.717, 1.165) is 0 Å². The first-order valence-electron chi connectivity index (χ1n) is 4.77. The molecule has 0 amide bonds. The molecular weight excluding hydrogens is 202 g/mol. The zero-order valence-electron chi connectivity index (χ0n) is 9.45. The van der Waals surface area contributed by atoms with Gasteiger partial charge in [0.2, 0.25) is 0 Å². The van der Waals surface area contributed by atoms with Crippen LogP contribution in [0, 0.1) is 0 Å². The predicted octanol–water partition coefficient (Wildman–Crippen LogP) is 0.124. The van der Waals surface area contributed by atoms with Crippen LogP contribution in [0.3, 0.4) is 0 Å². The number of nitrogens with zero attached hydrogens (tertiary/aromatic N) is 1. The van der Waals surface area contributed by atoms with E-state index in [4.69, 9.17) is 5.11 Å². The van der Waals surface area contributed by atoms with Crippen molar-refractivity contribution >= 4 is 9.84 Å². The second kappa shape index (κ2) is 5.09. The Bertz CT molecular complexity index is 259. The molecule has 0 radical (unpaired) electrons. The van der Waals surface area contributed by atoms with Crippen molar-refractivity contribution in [2.75, 3.05) is 31.7 Å². The molecule has 0 aromatic rings. The lowest BCUT2D eigenvalue weighted by molar-refractivity contribution is 0.0841. The molecule has 0 aromatic carbocycles. The molecule has 0 fully saturated rings. The maximum absolute atomic E-state index is 11.2. The Morgan fingerprint density at radius 3 is 2.21 bits per heavy atom. The summed E-state index contributed by atoms with van der Waals surface area (Å²) in [6.07, 6.45) is 0. The van der Waals surface area contributed by atoms with Gasteiger partial charge in [-0.3, -0.25) is 4.90 Å². The smallest absolute Gasteiger partial charge is 0.151 e. The van der Waals surface area contributed by atoms with Gasteiger partial charge in [-0.2, -0.15) is 0 Å². The molecule has 4 nitrogen and oxygen atoms in total. The Morgan fingerprint density at radius 1 is 1.36 bits per heavy atom. The number of aliphatic hydroxyl groups excluding tert-OH is 1. The second-order valence-corrected chi connectivity index (χ2v) is 6.60. The third-order valence-corrected chi connectivity index (χ3v) is 4.28. The number of likely N-dealkylation sites (N-methyl/N-ethyl adjacent to an activating group) is 1. The molecule has 5 heteroatoms. The van der Waals surface area contributed by atoms with Crippen LogP contribution in [0.4, 0.5) is 0 Å². The lowest BCUT2D eigenvalue weighted by atomic mass is 10.1. The van der Waals surface area contributed by atoms with Crippen LogP contribution in [-0.4, -0.2) is 55.7 Å². The second-order valence-electron chi connectivity index (χ2n) is 4.13. The van der Waals surface area contributed by atoms with Crippen LogP contribution in [0.15, 0.2) is 0 Å². The van der Waals surface area contributed by atoms with E-state index in [1.807, 2.05) is 25.8 Å². The first-order chi connectivity index (χ1) is 6.25. The van der Waals surface area contributed by atoms with E-state index in [1.165, 1.54) is 0 Å². The van der Waals surface area contributed by atoms with Crippen LogP contribution >= 0.6 is 0 Å². The van der Waals surface area contributed by atoms with Crippen LogP contribution in [0.25, 0.3) is 0 Å². The fourth-order valence-electron chi connectivity index (χ4n) is 0.844. The third-order valence-electron chi connectivity index (χ3n) is 2.60. The Labute approximate surface area is 86.8 Å². The molecule has 0 aromatic heterocycles. The highest BCUT2D eigenvalue weighted by Gasteiger charge is 2.23. The van der Waals surface area contributed by atoms with Crippen molar-refractivity contribution in [1.82, 2.24) is 4.90 Å². The molecule has 86 valence electrons. The molecule has 0 saturated heterocycles. The Kier molecular flexibility index (Phi) is 5.05. The van der Waals surface area contributed by atoms with E-state index in [0.29, 0.717) is 6.54 Å². The normalized spacial score (nSPS) is 13.6. The van der Waals surface area contributed by atoms with Crippen LogP contribution in [0.5, 0.6) is 0 Å². The molecule has 1 N–H and O–H groups in total. The molecule has 0 bridgehead atoms. The summed E-state index contributed by atoms with van der Waals surface area (Å²) in [7, 11) is -1.09. The minimum Gasteiger partial charge on any atom is -0.394 e. The number of hydrogen-bond acceptors (Lipinski definition) is 4. The van der Waals surface area contributed by atoms with Crippen molar-refractivity contribution in [3.05, 3.63) is 0 Å². The van der Waals surface area contributed by atoms with Gasteiger partial charge >= 0.3 is 0 Å². The summed E-state index contributed by atoms with van der Waals surface area (Å²) in [4.78, 5) is 1.86. The van der Waals surface area contributed by atoms with Crippen molar-refractivity contribution in [3.63, 3.8) is 0 Å². The van der Waals surface area contributed by atoms with Gasteiger partial charge in [-0.05, 0) is 20.9 Å². The summed E-state index contributed by atoms with van der Waals surface area (Å²) in [5.74, 6) is 0.337. The molecule has 0 atom stereocenters. The molecule has 0 spiro atoms. The highest BCUT2D eigenvalue weighted by molar-refractivity contribution is 7.91. The van der Waals surface area contributed by atoms with Crippen LogP contribution < -0.4 is 0 Å². The first kappa shape index (κ1) is 13.9. The fourth-order valence-corrected chi connectivity index (χ4v) is 1.68. The molecule has 0 aliphatic heterocycles. The van der Waals surface area contributed by atoms with E-state index in [1.54, 1.807) is 6.92 Å². The highest BCUT2D eigenvalue weighted by atomic mass is 32.2. The Morgan fingerprint density at radius 2 is 1.86 bits per heavy atom. The average Bonchev–Trinajstić information content (AvgIpc) is 2.14. The van der Waals surface area contributed by atoms with Gasteiger partial charge in [0, 0.05) is 17.8 Å². The minimum atomic E-state index is -2.91. The van der Waals surface area contributed by atoms with Gasteiger partial charge in [0.15, 0.2) is 9.84 Å². The fraction of sp³-hybridized carbons (Fsp3) is 1.00. The summed E-state index contributed by atoms with van der Waals surface area (Å²) >= 11 is 0. The molecule has 0 aliphatic rings. The number of hydrogen-bond donors (Lipinski definition) is 1. The van der Waals surface area contributed by atoms with Gasteiger partial charge in [-0.25, -0.2) is 8.42 Å². The van der Waals surface area contributed by atoms with Gasteiger partial charge in [0.25, 0.3) is 0 Å². The van der Waals surface area contributed by atoms with Crippen LogP contribution in [0.1, 0.15) is 20.8 Å². The van der Waals surface area contributed by atoms with E-state index < -0.39 is 9.84 Å². The molecule has 14 heavy (non-hydrogen) atoms. The van der Waals surface area contributed by atoms with E-state index in [2.05, 4.69) is 0 Å². The maximum Gasteiger partial charge on any atom is 0.151 e. The summed E-state index contributed by atoms with van der Waals surface area (Å²) in [5, 5.41) is 9.06. The topological polar surface area (TPSA) is 57.6 Å². The SMILES string of the molecule is CCS(=O)(=O)CCN(C)C(C)(C)CO. The Hall–Kier alpha value is -0.130. The third kappa shape index (κ3) is 4.39. The van der Waals surface area contributed by atoms with Gasteiger partial charge < -0.3 is 5.11 Å². The van der Waals surface area contributed by atoms with Gasteiger partial charge in [0.05, 0.1) is 12.4 Å². The summed E-state index contributed by atoms with van der Waals surface area (Å²) in [5.41, 5.74) is -0.358. The number of sulfone groups is 1. The first-order valence-corrected chi connectivity index (χ1v) is 6.60. The summed E-state index contributed by atoms with van der Waals surface area (Å²) in [6, 6.07) is 0. The standard InChI is InChI=1S/C9H21NO3S/c1-5-14(12,13)7-6-10(4)9(2,3)8-11/h11H,5-8H2,1-4H3. The van der Waals surface area contributed by atoms with Crippen molar-refractivity contribution in [2.45, 2.75) is 26.3 Å². The molecule has 0 rings (SSSR count). The Balaban J connectivity index is 4.16. The molecule has 0 aliphatic carbocycles. The zero-order valence-corrected chi connectivity index (χ0v) is 10.3. The van der Waals surface area contributed by atoms with Crippen molar-refractivity contribution in [1.29, 1.82) is 0 Å². The van der Waals surface area contributed by atoms with Crippen molar-refractivity contribution < 1.29 is 13.5 Å². The summed E-state index contributed by atoms with van der Waals surface area (Å²) in [6.45, 7) is 5.89. The van der Waals surface area contributed by atoms with Crippen molar-refractivity contribution in [2.24, 2.45) is 0 Å². The largest absolute Gasteiger partial charge is 0.394 e. The van der Waals surface area contributed by atoms with E-state index in [9.17, 15) is 8.42 Å². The van der Waals surface area contributed by atoms with Crippen LogP contribution in [0.2, 0.25) is 0 Å². The lowest BCUT2D eigenvalue weighted by Crippen LogP contribution is -2.46. The quantitative estimate of drug-likeness (QED) is 0.695. The number of rotatable bonds is 6. The maximum atomic E-state index is 11.2. The molecular formula is C9H21NO3S. The van der Waals surface area contributed by atoms with E-state index in [-0.39, 0.29) is 23.7 Å². The van der Waals surface area contributed by atoms with Gasteiger partial charge in [-0.1, -0.05) is 6.92 Å². The van der Waals surface area contributed by atoms with Crippen molar-refractivity contribution in [3.8, 4) is 0 Å². The van der Waals surface area contributed by atoms with Crippen LogP contribution in [-0.2, 0) is 9.84 Å². The zero-order chi connectivity index (χ0) is 11.4. The van der Waals surface area contributed by atoms with Gasteiger partial charge in [-0.15, -0.1) is 0 Å².